The molecule has 1 aromatic heterocycles. The van der Waals surface area contributed by atoms with Crippen LogP contribution in [0.2, 0.25) is 0 Å². The minimum atomic E-state index is 0.113. The van der Waals surface area contributed by atoms with Crippen molar-refractivity contribution in [2.45, 2.75) is 31.7 Å². The van der Waals surface area contributed by atoms with E-state index < -0.39 is 0 Å². The number of aromatic amines is 1. The number of nitrogens with zero attached hydrogens (tertiary/aromatic N) is 2. The molecule has 1 amide bonds. The van der Waals surface area contributed by atoms with Gasteiger partial charge in [-0.15, -0.1) is 0 Å². The highest BCUT2D eigenvalue weighted by Gasteiger charge is 2.19. The van der Waals surface area contributed by atoms with Crippen LogP contribution >= 0.6 is 0 Å². The molecule has 19 heavy (non-hydrogen) atoms. The van der Waals surface area contributed by atoms with Gasteiger partial charge in [-0.1, -0.05) is 0 Å². The summed E-state index contributed by atoms with van der Waals surface area (Å²) in [6, 6.07) is 0.284. The van der Waals surface area contributed by atoms with Crippen LogP contribution in [0.25, 0.3) is 0 Å². The maximum absolute atomic E-state index is 11.8. The third-order valence-corrected chi connectivity index (χ3v) is 3.56. The number of β-amino-alcohol motifs (C(OH)–C–C–N with tert-alkyl or cyclic N) is 1. The van der Waals surface area contributed by atoms with Crippen molar-refractivity contribution in [3.63, 3.8) is 0 Å². The fourth-order valence-electron chi connectivity index (χ4n) is 2.41. The van der Waals surface area contributed by atoms with Gasteiger partial charge in [0.2, 0.25) is 5.91 Å². The number of carbonyl (C=O) groups is 1. The van der Waals surface area contributed by atoms with E-state index in [0.717, 1.165) is 44.5 Å². The van der Waals surface area contributed by atoms with E-state index in [1.165, 1.54) is 0 Å². The SMILES string of the molecule is O=C(CCc1cn[nH]c1)NC1CCN(CCO)CC1. The molecular weight excluding hydrogens is 244 g/mol. The Morgan fingerprint density at radius 1 is 1.53 bits per heavy atom. The lowest BCUT2D eigenvalue weighted by atomic mass is 10.0. The Kier molecular flexibility index (Phi) is 5.35. The molecule has 2 rings (SSSR count). The van der Waals surface area contributed by atoms with E-state index >= 15 is 0 Å². The molecule has 0 unspecified atom stereocenters. The Morgan fingerprint density at radius 3 is 2.95 bits per heavy atom. The van der Waals surface area contributed by atoms with Crippen LogP contribution in [0.15, 0.2) is 12.4 Å². The zero-order valence-electron chi connectivity index (χ0n) is 11.1. The molecule has 1 aliphatic rings. The first kappa shape index (κ1) is 14.0. The van der Waals surface area contributed by atoms with Gasteiger partial charge in [0.25, 0.3) is 0 Å². The minimum absolute atomic E-state index is 0.113. The number of likely N-dealkylation sites (tertiary alicyclic amines) is 1. The number of hydrogen-bond donors (Lipinski definition) is 3. The summed E-state index contributed by atoms with van der Waals surface area (Å²) in [7, 11) is 0. The summed E-state index contributed by atoms with van der Waals surface area (Å²) in [4.78, 5) is 14.0. The van der Waals surface area contributed by atoms with Gasteiger partial charge in [0.1, 0.15) is 0 Å². The standard InChI is InChI=1S/C13H22N4O2/c18-8-7-17-5-3-12(4-6-17)16-13(19)2-1-11-9-14-15-10-11/h9-10,12,18H,1-8H2,(H,14,15)(H,16,19). The summed E-state index contributed by atoms with van der Waals surface area (Å²) in [5.74, 6) is 0.113. The maximum atomic E-state index is 11.8. The highest BCUT2D eigenvalue weighted by Crippen LogP contribution is 2.10. The van der Waals surface area contributed by atoms with Gasteiger partial charge in [-0.2, -0.15) is 5.10 Å². The number of aliphatic hydroxyl groups excluding tert-OH is 1. The summed E-state index contributed by atoms with van der Waals surface area (Å²) in [6.45, 7) is 2.85. The van der Waals surface area contributed by atoms with Crippen molar-refractivity contribution in [2.75, 3.05) is 26.2 Å². The fraction of sp³-hybridized carbons (Fsp3) is 0.692. The lowest BCUT2D eigenvalue weighted by Crippen LogP contribution is -2.45. The van der Waals surface area contributed by atoms with Crippen molar-refractivity contribution in [3.05, 3.63) is 18.0 Å². The van der Waals surface area contributed by atoms with E-state index in [0.29, 0.717) is 6.42 Å². The van der Waals surface area contributed by atoms with E-state index in [1.807, 2.05) is 6.20 Å². The highest BCUT2D eigenvalue weighted by molar-refractivity contribution is 5.76. The molecule has 0 atom stereocenters. The molecule has 2 heterocycles. The molecule has 0 aromatic carbocycles. The molecule has 0 saturated carbocycles. The Bertz CT molecular complexity index is 372. The van der Waals surface area contributed by atoms with Gasteiger partial charge in [-0.25, -0.2) is 0 Å². The van der Waals surface area contributed by atoms with Gasteiger partial charge in [0, 0.05) is 38.3 Å². The van der Waals surface area contributed by atoms with Gasteiger partial charge >= 0.3 is 0 Å². The normalized spacial score (nSPS) is 17.5. The first-order valence-electron chi connectivity index (χ1n) is 6.88. The van der Waals surface area contributed by atoms with Crippen LogP contribution in [0, 0.1) is 0 Å². The third kappa shape index (κ3) is 4.65. The number of hydrogen-bond acceptors (Lipinski definition) is 4. The summed E-state index contributed by atoms with van der Waals surface area (Å²) in [5, 5.41) is 18.6. The van der Waals surface area contributed by atoms with Crippen LogP contribution in [0.5, 0.6) is 0 Å². The Labute approximate surface area is 113 Å². The predicted octanol–water partition coefficient (Wildman–Crippen LogP) is -0.0848. The Hall–Kier alpha value is -1.40. The second-order valence-electron chi connectivity index (χ2n) is 5.01. The van der Waals surface area contributed by atoms with Crippen LogP contribution < -0.4 is 5.32 Å². The highest BCUT2D eigenvalue weighted by atomic mass is 16.3. The number of H-pyrrole nitrogens is 1. The summed E-state index contributed by atoms with van der Waals surface area (Å²) >= 11 is 0. The summed E-state index contributed by atoms with van der Waals surface area (Å²) in [6.07, 6.45) is 6.75. The van der Waals surface area contributed by atoms with Crippen molar-refractivity contribution < 1.29 is 9.90 Å². The zero-order valence-corrected chi connectivity index (χ0v) is 11.1. The molecule has 6 heteroatoms. The van der Waals surface area contributed by atoms with E-state index in [-0.39, 0.29) is 18.6 Å². The molecule has 0 spiro atoms. The second-order valence-corrected chi connectivity index (χ2v) is 5.01. The van der Waals surface area contributed by atoms with Gasteiger partial charge in [-0.05, 0) is 24.8 Å². The van der Waals surface area contributed by atoms with Crippen LogP contribution in [-0.2, 0) is 11.2 Å². The van der Waals surface area contributed by atoms with Crippen molar-refractivity contribution in [2.24, 2.45) is 0 Å². The number of aliphatic hydroxyl groups is 1. The number of amides is 1. The van der Waals surface area contributed by atoms with E-state index in [9.17, 15) is 4.79 Å². The largest absolute Gasteiger partial charge is 0.395 e. The number of carbonyl (C=O) groups excluding carboxylic acids is 1. The second kappa shape index (κ2) is 7.25. The average molecular weight is 266 g/mol. The molecule has 0 aliphatic carbocycles. The van der Waals surface area contributed by atoms with Crippen LogP contribution in [0.3, 0.4) is 0 Å². The molecule has 0 bridgehead atoms. The van der Waals surface area contributed by atoms with Gasteiger partial charge in [-0.3, -0.25) is 9.89 Å². The molecule has 0 radical (unpaired) electrons. The molecule has 1 saturated heterocycles. The lowest BCUT2D eigenvalue weighted by Gasteiger charge is -2.31. The molecule has 1 aromatic rings. The molecule has 3 N–H and O–H groups in total. The van der Waals surface area contributed by atoms with Crippen molar-refractivity contribution in [1.82, 2.24) is 20.4 Å². The van der Waals surface area contributed by atoms with Crippen molar-refractivity contribution in [3.8, 4) is 0 Å². The summed E-state index contributed by atoms with van der Waals surface area (Å²) < 4.78 is 0. The van der Waals surface area contributed by atoms with E-state index in [4.69, 9.17) is 5.11 Å². The quantitative estimate of drug-likeness (QED) is 0.672. The Morgan fingerprint density at radius 2 is 2.32 bits per heavy atom. The van der Waals surface area contributed by atoms with E-state index in [1.54, 1.807) is 6.20 Å². The number of piperidine rings is 1. The van der Waals surface area contributed by atoms with Crippen LogP contribution in [0.4, 0.5) is 0 Å². The van der Waals surface area contributed by atoms with Crippen LogP contribution in [0.1, 0.15) is 24.8 Å². The van der Waals surface area contributed by atoms with Gasteiger partial charge in [0.15, 0.2) is 0 Å². The third-order valence-electron chi connectivity index (χ3n) is 3.56. The van der Waals surface area contributed by atoms with Crippen LogP contribution in [-0.4, -0.2) is 58.4 Å². The molecular formula is C13H22N4O2. The van der Waals surface area contributed by atoms with Crippen molar-refractivity contribution >= 4 is 5.91 Å². The first-order valence-corrected chi connectivity index (χ1v) is 6.88. The molecule has 1 fully saturated rings. The Balaban J connectivity index is 1.63. The van der Waals surface area contributed by atoms with E-state index in [2.05, 4.69) is 20.4 Å². The smallest absolute Gasteiger partial charge is 0.220 e. The predicted molar refractivity (Wildman–Crippen MR) is 71.6 cm³/mol. The minimum Gasteiger partial charge on any atom is -0.395 e. The van der Waals surface area contributed by atoms with Gasteiger partial charge < -0.3 is 15.3 Å². The number of rotatable bonds is 6. The fourth-order valence-corrected chi connectivity index (χ4v) is 2.41. The lowest BCUT2D eigenvalue weighted by molar-refractivity contribution is -0.122. The first-order chi connectivity index (χ1) is 9.28. The molecule has 6 nitrogen and oxygen atoms in total. The zero-order chi connectivity index (χ0) is 13.5. The topological polar surface area (TPSA) is 81.2 Å². The number of aromatic nitrogens is 2. The maximum Gasteiger partial charge on any atom is 0.220 e. The molecule has 1 aliphatic heterocycles. The monoisotopic (exact) mass is 266 g/mol. The number of nitrogens with one attached hydrogen (secondary N) is 2. The average Bonchev–Trinajstić information content (AvgIpc) is 2.92. The van der Waals surface area contributed by atoms with Crippen molar-refractivity contribution in [1.29, 1.82) is 0 Å². The summed E-state index contributed by atoms with van der Waals surface area (Å²) in [5.41, 5.74) is 1.06. The molecule has 106 valence electrons. The van der Waals surface area contributed by atoms with Gasteiger partial charge in [0.05, 0.1) is 12.8 Å². The number of aryl methyl sites for hydroxylation is 1.